The molecule has 0 atom stereocenters. The Kier molecular flexibility index (Phi) is 4.09. The molecule has 94 valence electrons. The molecule has 0 aliphatic rings. The van der Waals surface area contributed by atoms with E-state index in [0.29, 0.717) is 12.5 Å². The van der Waals surface area contributed by atoms with Crippen molar-refractivity contribution in [3.8, 4) is 0 Å². The smallest absolute Gasteiger partial charge is 0.399 e. The molecule has 17 heavy (non-hydrogen) atoms. The monoisotopic (exact) mass is 249 g/mol. The molecule has 0 spiro atoms. The van der Waals surface area contributed by atoms with E-state index in [1.165, 1.54) is 7.11 Å². The van der Waals surface area contributed by atoms with Crippen molar-refractivity contribution in [2.75, 3.05) is 7.11 Å². The highest BCUT2D eigenvalue weighted by atomic mass is 19.4. The highest BCUT2D eigenvalue weighted by molar-refractivity contribution is 6.00. The minimum absolute atomic E-state index is 0.0710. The first-order valence-corrected chi connectivity index (χ1v) is 4.86. The minimum atomic E-state index is -4.58. The van der Waals surface area contributed by atoms with Crippen molar-refractivity contribution in [1.82, 2.24) is 0 Å². The highest BCUT2D eigenvalue weighted by Gasteiger charge is 2.31. The molecule has 0 saturated heterocycles. The average Bonchev–Trinajstić information content (AvgIpc) is 2.23. The molecule has 0 fully saturated rings. The third-order valence-corrected chi connectivity index (χ3v) is 2.09. The van der Waals surface area contributed by atoms with Crippen LogP contribution >= 0.6 is 0 Å². The van der Waals surface area contributed by atoms with Crippen molar-refractivity contribution in [2.24, 2.45) is 5.16 Å². The Morgan fingerprint density at radius 3 is 2.41 bits per heavy atom. The lowest BCUT2D eigenvalue weighted by atomic mass is 10.0. The molecular weight excluding hydrogens is 238 g/mol. The maximum Gasteiger partial charge on any atom is 0.416 e. The molecule has 0 radical (unpaired) electrons. The Hall–Kier alpha value is -1.59. The van der Waals surface area contributed by atoms with Gasteiger partial charge in [-0.1, -0.05) is 12.1 Å². The van der Waals surface area contributed by atoms with Gasteiger partial charge < -0.3 is 4.84 Å². The van der Waals surface area contributed by atoms with Crippen LogP contribution in [0.3, 0.4) is 0 Å². The molecule has 1 aromatic rings. The molecular formula is C11H11F4NO. The third-order valence-electron chi connectivity index (χ3n) is 2.09. The van der Waals surface area contributed by atoms with Gasteiger partial charge in [-0.15, -0.1) is 0 Å². The van der Waals surface area contributed by atoms with Crippen molar-refractivity contribution in [1.29, 1.82) is 0 Å². The molecule has 0 unspecified atom stereocenters. The molecule has 0 aliphatic carbocycles. The summed E-state index contributed by atoms with van der Waals surface area (Å²) in [5.74, 6) is -0.952. The van der Waals surface area contributed by atoms with Crippen molar-refractivity contribution in [3.05, 3.63) is 35.1 Å². The summed E-state index contributed by atoms with van der Waals surface area (Å²) >= 11 is 0. The maximum atomic E-state index is 13.1. The van der Waals surface area contributed by atoms with Crippen LogP contribution in [0.4, 0.5) is 17.6 Å². The minimum Gasteiger partial charge on any atom is -0.399 e. The van der Waals surface area contributed by atoms with E-state index in [1.807, 2.05) is 0 Å². The van der Waals surface area contributed by atoms with E-state index in [-0.39, 0.29) is 11.3 Å². The third kappa shape index (κ3) is 3.44. The molecule has 6 heteroatoms. The van der Waals surface area contributed by atoms with Gasteiger partial charge in [0.1, 0.15) is 12.9 Å². The average molecular weight is 249 g/mol. The van der Waals surface area contributed by atoms with E-state index in [0.717, 1.165) is 12.1 Å². The standard InChI is InChI=1S/C11H11F4NO/c1-3-10(16-17-2)7-4-8(11(13,14)15)6-9(12)5-7/h4-6H,3H2,1-2H3. The first-order chi connectivity index (χ1) is 7.88. The number of halogens is 4. The molecule has 0 aliphatic heterocycles. The van der Waals surface area contributed by atoms with E-state index >= 15 is 0 Å². The molecule has 0 N–H and O–H groups in total. The first-order valence-electron chi connectivity index (χ1n) is 4.86. The zero-order chi connectivity index (χ0) is 13.1. The van der Waals surface area contributed by atoms with Gasteiger partial charge >= 0.3 is 6.18 Å². The van der Waals surface area contributed by atoms with Crippen LogP contribution in [0, 0.1) is 5.82 Å². The van der Waals surface area contributed by atoms with Gasteiger partial charge in [0.25, 0.3) is 0 Å². The van der Waals surface area contributed by atoms with Crippen LogP contribution in [-0.4, -0.2) is 12.8 Å². The van der Waals surface area contributed by atoms with Crippen LogP contribution in [0.2, 0.25) is 0 Å². The van der Waals surface area contributed by atoms with Gasteiger partial charge in [0.05, 0.1) is 11.3 Å². The van der Waals surface area contributed by atoms with Crippen LogP contribution in [0.5, 0.6) is 0 Å². The molecule has 1 aromatic carbocycles. The summed E-state index contributed by atoms with van der Waals surface area (Å²) in [5, 5.41) is 3.56. The summed E-state index contributed by atoms with van der Waals surface area (Å²) in [7, 11) is 1.28. The van der Waals surface area contributed by atoms with Crippen LogP contribution in [-0.2, 0) is 11.0 Å². The summed E-state index contributed by atoms with van der Waals surface area (Å²) in [5.41, 5.74) is -0.705. The van der Waals surface area contributed by atoms with Crippen LogP contribution in [0.25, 0.3) is 0 Å². The molecule has 0 heterocycles. The van der Waals surface area contributed by atoms with Gasteiger partial charge in [-0.2, -0.15) is 13.2 Å². The van der Waals surface area contributed by atoms with Crippen molar-refractivity contribution in [2.45, 2.75) is 19.5 Å². The Morgan fingerprint density at radius 1 is 1.29 bits per heavy atom. The lowest BCUT2D eigenvalue weighted by Gasteiger charge is -2.10. The van der Waals surface area contributed by atoms with Crippen molar-refractivity contribution in [3.63, 3.8) is 0 Å². The van der Waals surface area contributed by atoms with E-state index in [2.05, 4.69) is 9.99 Å². The Bertz CT molecular complexity index is 426. The second-order valence-corrected chi connectivity index (χ2v) is 3.30. The summed E-state index contributed by atoms with van der Waals surface area (Å²) in [6, 6.07) is 2.30. The second kappa shape index (κ2) is 5.16. The summed E-state index contributed by atoms with van der Waals surface area (Å²) < 4.78 is 50.5. The van der Waals surface area contributed by atoms with Crippen LogP contribution in [0.15, 0.2) is 23.4 Å². The van der Waals surface area contributed by atoms with E-state index in [4.69, 9.17) is 0 Å². The molecule has 0 saturated carbocycles. The lowest BCUT2D eigenvalue weighted by Crippen LogP contribution is -2.09. The zero-order valence-corrected chi connectivity index (χ0v) is 9.31. The van der Waals surface area contributed by atoms with E-state index < -0.39 is 17.6 Å². The van der Waals surface area contributed by atoms with E-state index in [1.54, 1.807) is 6.92 Å². The number of rotatable bonds is 3. The summed E-state index contributed by atoms with van der Waals surface area (Å²) in [6.45, 7) is 1.69. The van der Waals surface area contributed by atoms with E-state index in [9.17, 15) is 17.6 Å². The van der Waals surface area contributed by atoms with Gasteiger partial charge in [0, 0.05) is 5.56 Å². The summed E-state index contributed by atoms with van der Waals surface area (Å²) in [4.78, 5) is 4.50. The maximum absolute atomic E-state index is 13.1. The van der Waals surface area contributed by atoms with Gasteiger partial charge in [-0.25, -0.2) is 4.39 Å². The Labute approximate surface area is 95.9 Å². The number of benzene rings is 1. The fraction of sp³-hybridized carbons (Fsp3) is 0.364. The SMILES string of the molecule is CCC(=NOC)c1cc(F)cc(C(F)(F)F)c1. The molecule has 0 aromatic heterocycles. The molecule has 0 bridgehead atoms. The molecule has 0 amide bonds. The number of hydrogen-bond donors (Lipinski definition) is 0. The van der Waals surface area contributed by atoms with Gasteiger partial charge in [0.15, 0.2) is 0 Å². The number of nitrogens with zero attached hydrogens (tertiary/aromatic N) is 1. The largest absolute Gasteiger partial charge is 0.416 e. The molecule has 1 rings (SSSR count). The van der Waals surface area contributed by atoms with Crippen LogP contribution in [0.1, 0.15) is 24.5 Å². The topological polar surface area (TPSA) is 21.6 Å². The predicted molar refractivity (Wildman–Crippen MR) is 55.2 cm³/mol. The fourth-order valence-corrected chi connectivity index (χ4v) is 1.35. The van der Waals surface area contributed by atoms with Crippen LogP contribution < -0.4 is 0 Å². The van der Waals surface area contributed by atoms with Gasteiger partial charge in [0.2, 0.25) is 0 Å². The zero-order valence-electron chi connectivity index (χ0n) is 9.31. The predicted octanol–water partition coefficient (Wildman–Crippen LogP) is 3.61. The van der Waals surface area contributed by atoms with Crippen molar-refractivity contribution >= 4 is 5.71 Å². The Balaban J connectivity index is 3.27. The summed E-state index contributed by atoms with van der Waals surface area (Å²) in [6.07, 6.45) is -4.24. The van der Waals surface area contributed by atoms with Crippen molar-refractivity contribution < 1.29 is 22.4 Å². The second-order valence-electron chi connectivity index (χ2n) is 3.30. The first kappa shape index (κ1) is 13.5. The van der Waals surface area contributed by atoms with Gasteiger partial charge in [-0.3, -0.25) is 0 Å². The Morgan fingerprint density at radius 2 is 1.94 bits per heavy atom. The number of oxime groups is 1. The van der Waals surface area contributed by atoms with Gasteiger partial charge in [-0.05, 0) is 24.6 Å². The number of alkyl halides is 3. The highest BCUT2D eigenvalue weighted by Crippen LogP contribution is 2.30. The number of hydrogen-bond acceptors (Lipinski definition) is 2. The quantitative estimate of drug-likeness (QED) is 0.455. The fourth-order valence-electron chi connectivity index (χ4n) is 1.35. The molecule has 2 nitrogen and oxygen atoms in total. The normalized spacial score (nSPS) is 12.7. The lowest BCUT2D eigenvalue weighted by molar-refractivity contribution is -0.137.